The van der Waals surface area contributed by atoms with E-state index >= 15 is 0 Å². The normalized spacial score (nSPS) is 21.4. The number of anilines is 1. The SMILES string of the molecule is CC(C)(C)C1CCN(Cc2c(N)cccc2Cl)C1. The third-order valence-corrected chi connectivity index (χ3v) is 4.39. The van der Waals surface area contributed by atoms with E-state index in [9.17, 15) is 0 Å². The first-order valence-corrected chi connectivity index (χ1v) is 7.01. The van der Waals surface area contributed by atoms with Crippen molar-refractivity contribution in [2.24, 2.45) is 11.3 Å². The van der Waals surface area contributed by atoms with E-state index < -0.39 is 0 Å². The molecule has 1 aromatic rings. The Hall–Kier alpha value is -0.730. The highest BCUT2D eigenvalue weighted by Gasteiger charge is 2.31. The Morgan fingerprint density at radius 3 is 2.67 bits per heavy atom. The average molecular weight is 267 g/mol. The molecule has 0 bridgehead atoms. The van der Waals surface area contributed by atoms with Crippen LogP contribution >= 0.6 is 11.6 Å². The van der Waals surface area contributed by atoms with E-state index in [1.807, 2.05) is 18.2 Å². The standard InChI is InChI=1S/C15H23ClN2/c1-15(2,3)11-7-8-18(9-11)10-12-13(16)5-4-6-14(12)17/h4-6,11H,7-10,17H2,1-3H3. The van der Waals surface area contributed by atoms with E-state index in [0.717, 1.165) is 41.8 Å². The van der Waals surface area contributed by atoms with Gasteiger partial charge in [-0.1, -0.05) is 38.4 Å². The molecule has 1 aliphatic rings. The van der Waals surface area contributed by atoms with E-state index in [-0.39, 0.29) is 0 Å². The maximum Gasteiger partial charge on any atom is 0.0471 e. The van der Waals surface area contributed by atoms with Gasteiger partial charge < -0.3 is 5.73 Å². The van der Waals surface area contributed by atoms with Gasteiger partial charge in [0.1, 0.15) is 0 Å². The Kier molecular flexibility index (Phi) is 3.88. The van der Waals surface area contributed by atoms with Crippen molar-refractivity contribution in [2.75, 3.05) is 18.8 Å². The summed E-state index contributed by atoms with van der Waals surface area (Å²) in [5, 5.41) is 0.786. The molecule has 18 heavy (non-hydrogen) atoms. The first kappa shape index (κ1) is 13.7. The molecule has 0 aliphatic carbocycles. The van der Waals surface area contributed by atoms with Crippen LogP contribution in [-0.4, -0.2) is 18.0 Å². The highest BCUT2D eigenvalue weighted by atomic mass is 35.5. The predicted molar refractivity (Wildman–Crippen MR) is 78.7 cm³/mol. The van der Waals surface area contributed by atoms with Gasteiger partial charge in [-0.2, -0.15) is 0 Å². The Balaban J connectivity index is 2.04. The zero-order valence-electron chi connectivity index (χ0n) is 11.5. The summed E-state index contributed by atoms with van der Waals surface area (Å²) in [5.74, 6) is 0.765. The van der Waals surface area contributed by atoms with Crippen molar-refractivity contribution >= 4 is 17.3 Å². The molecular formula is C15H23ClN2. The quantitative estimate of drug-likeness (QED) is 0.826. The smallest absolute Gasteiger partial charge is 0.0471 e. The van der Waals surface area contributed by atoms with Gasteiger partial charge in [0.2, 0.25) is 0 Å². The lowest BCUT2D eigenvalue weighted by atomic mass is 9.80. The predicted octanol–water partition coefficient (Wildman–Crippen LogP) is 3.79. The number of halogens is 1. The van der Waals surface area contributed by atoms with Crippen molar-refractivity contribution in [1.82, 2.24) is 4.90 Å². The van der Waals surface area contributed by atoms with Crippen molar-refractivity contribution in [1.29, 1.82) is 0 Å². The number of nitrogen functional groups attached to an aromatic ring is 1. The lowest BCUT2D eigenvalue weighted by Gasteiger charge is -2.27. The number of nitrogens with zero attached hydrogens (tertiary/aromatic N) is 1. The van der Waals surface area contributed by atoms with Crippen LogP contribution in [0.3, 0.4) is 0 Å². The van der Waals surface area contributed by atoms with Crippen LogP contribution in [0.25, 0.3) is 0 Å². The Labute approximate surface area is 115 Å². The molecule has 1 atom stereocenters. The molecular weight excluding hydrogens is 244 g/mol. The summed E-state index contributed by atoms with van der Waals surface area (Å²) in [7, 11) is 0. The third-order valence-electron chi connectivity index (χ3n) is 4.03. The summed E-state index contributed by atoms with van der Waals surface area (Å²) in [6.07, 6.45) is 1.27. The van der Waals surface area contributed by atoms with Crippen LogP contribution in [0.4, 0.5) is 5.69 Å². The third kappa shape index (κ3) is 2.99. The van der Waals surface area contributed by atoms with Gasteiger partial charge in [-0.3, -0.25) is 4.90 Å². The van der Waals surface area contributed by atoms with Crippen LogP contribution in [0.2, 0.25) is 5.02 Å². The summed E-state index contributed by atoms with van der Waals surface area (Å²) in [4.78, 5) is 2.47. The summed E-state index contributed by atoms with van der Waals surface area (Å²) >= 11 is 6.23. The minimum atomic E-state index is 0.390. The summed E-state index contributed by atoms with van der Waals surface area (Å²) in [5.41, 5.74) is 8.28. The Morgan fingerprint density at radius 2 is 2.11 bits per heavy atom. The van der Waals surface area contributed by atoms with Crippen molar-refractivity contribution in [2.45, 2.75) is 33.7 Å². The minimum absolute atomic E-state index is 0.390. The highest BCUT2D eigenvalue weighted by molar-refractivity contribution is 6.31. The van der Waals surface area contributed by atoms with Gasteiger partial charge in [-0.25, -0.2) is 0 Å². The number of benzene rings is 1. The monoisotopic (exact) mass is 266 g/mol. The van der Waals surface area contributed by atoms with Crippen molar-refractivity contribution in [3.63, 3.8) is 0 Å². The number of hydrogen-bond donors (Lipinski definition) is 1. The lowest BCUT2D eigenvalue weighted by molar-refractivity contribution is 0.226. The number of nitrogens with two attached hydrogens (primary N) is 1. The molecule has 0 spiro atoms. The van der Waals surface area contributed by atoms with E-state index in [1.165, 1.54) is 6.42 Å². The van der Waals surface area contributed by atoms with Crippen LogP contribution in [0, 0.1) is 11.3 Å². The lowest BCUT2D eigenvalue weighted by Crippen LogP contribution is -2.26. The molecule has 1 fully saturated rings. The fourth-order valence-corrected chi connectivity index (χ4v) is 2.89. The van der Waals surface area contributed by atoms with Crippen molar-refractivity contribution in [3.05, 3.63) is 28.8 Å². The van der Waals surface area contributed by atoms with Gasteiger partial charge in [0.25, 0.3) is 0 Å². The minimum Gasteiger partial charge on any atom is -0.398 e. The second-order valence-electron chi connectivity index (χ2n) is 6.39. The molecule has 100 valence electrons. The molecule has 2 N–H and O–H groups in total. The van der Waals surface area contributed by atoms with E-state index in [4.69, 9.17) is 17.3 Å². The van der Waals surface area contributed by atoms with Crippen LogP contribution in [-0.2, 0) is 6.54 Å². The fourth-order valence-electron chi connectivity index (χ4n) is 2.65. The maximum absolute atomic E-state index is 6.23. The molecule has 2 rings (SSSR count). The molecule has 0 saturated carbocycles. The van der Waals surface area contributed by atoms with Crippen LogP contribution in [0.1, 0.15) is 32.8 Å². The average Bonchev–Trinajstić information content (AvgIpc) is 2.72. The first-order valence-electron chi connectivity index (χ1n) is 6.63. The zero-order chi connectivity index (χ0) is 13.3. The molecule has 2 nitrogen and oxygen atoms in total. The Bertz CT molecular complexity index is 403. The second-order valence-corrected chi connectivity index (χ2v) is 6.80. The van der Waals surface area contributed by atoms with Gasteiger partial charge in [0, 0.05) is 29.4 Å². The van der Waals surface area contributed by atoms with Crippen LogP contribution in [0.15, 0.2) is 18.2 Å². The van der Waals surface area contributed by atoms with Gasteiger partial charge in [-0.15, -0.1) is 0 Å². The molecule has 1 heterocycles. The molecule has 1 aliphatic heterocycles. The topological polar surface area (TPSA) is 29.3 Å². The molecule has 0 aromatic heterocycles. The van der Waals surface area contributed by atoms with Gasteiger partial charge in [-0.05, 0) is 36.4 Å². The van der Waals surface area contributed by atoms with Gasteiger partial charge in [0.15, 0.2) is 0 Å². The second kappa shape index (κ2) is 5.10. The van der Waals surface area contributed by atoms with Crippen LogP contribution in [0.5, 0.6) is 0 Å². The largest absolute Gasteiger partial charge is 0.398 e. The van der Waals surface area contributed by atoms with Crippen molar-refractivity contribution < 1.29 is 0 Å². The van der Waals surface area contributed by atoms with Gasteiger partial charge in [0.05, 0.1) is 0 Å². The summed E-state index contributed by atoms with van der Waals surface area (Å²) in [6.45, 7) is 10.1. The molecule has 0 amide bonds. The number of hydrogen-bond acceptors (Lipinski definition) is 2. The number of rotatable bonds is 2. The fraction of sp³-hybridized carbons (Fsp3) is 0.600. The molecule has 1 unspecified atom stereocenters. The molecule has 3 heteroatoms. The zero-order valence-corrected chi connectivity index (χ0v) is 12.3. The number of likely N-dealkylation sites (tertiary alicyclic amines) is 1. The highest BCUT2D eigenvalue weighted by Crippen LogP contribution is 2.35. The van der Waals surface area contributed by atoms with E-state index in [1.54, 1.807) is 0 Å². The Morgan fingerprint density at radius 1 is 1.39 bits per heavy atom. The maximum atomic E-state index is 6.23. The van der Waals surface area contributed by atoms with E-state index in [0.29, 0.717) is 5.41 Å². The molecule has 0 radical (unpaired) electrons. The summed E-state index contributed by atoms with van der Waals surface area (Å²) < 4.78 is 0. The van der Waals surface area contributed by atoms with Crippen LogP contribution < -0.4 is 5.73 Å². The molecule has 1 aromatic carbocycles. The summed E-state index contributed by atoms with van der Waals surface area (Å²) in [6, 6.07) is 5.76. The first-order chi connectivity index (χ1) is 8.38. The van der Waals surface area contributed by atoms with Crippen molar-refractivity contribution in [3.8, 4) is 0 Å². The van der Waals surface area contributed by atoms with E-state index in [2.05, 4.69) is 25.7 Å². The molecule has 1 saturated heterocycles. The van der Waals surface area contributed by atoms with Gasteiger partial charge >= 0.3 is 0 Å².